The fourth-order valence-corrected chi connectivity index (χ4v) is 2.91. The normalized spacial score (nSPS) is 16.0. The van der Waals surface area contributed by atoms with Gasteiger partial charge in [-0.1, -0.05) is 30.3 Å². The number of carbonyl (C=O) groups is 1. The average molecular weight is 335 g/mol. The molecule has 1 unspecified atom stereocenters. The Kier molecular flexibility index (Phi) is 5.01. The van der Waals surface area contributed by atoms with Gasteiger partial charge in [0.1, 0.15) is 18.4 Å². The maximum Gasteiger partial charge on any atom is 0.255 e. The van der Waals surface area contributed by atoms with Crippen LogP contribution in [0.5, 0.6) is 5.75 Å². The van der Waals surface area contributed by atoms with Crippen LogP contribution in [0.25, 0.3) is 0 Å². The van der Waals surface area contributed by atoms with Gasteiger partial charge in [0.05, 0.1) is 6.07 Å². The largest absolute Gasteiger partial charge is 0.489 e. The van der Waals surface area contributed by atoms with Crippen molar-refractivity contribution in [1.82, 2.24) is 9.80 Å². The lowest BCUT2D eigenvalue weighted by Gasteiger charge is -2.22. The van der Waals surface area contributed by atoms with Crippen molar-refractivity contribution >= 4 is 5.91 Å². The van der Waals surface area contributed by atoms with Gasteiger partial charge in [-0.2, -0.15) is 5.26 Å². The standard InChI is InChI=1S/C20H21N3O2/c1-22(2)10-11-23-19(13-21)18-12-16(8-9-17(18)20(23)24)25-14-15-6-4-3-5-7-15/h3-9,12,19H,10-11,14H2,1-2H3. The minimum atomic E-state index is -0.553. The molecule has 1 aliphatic heterocycles. The Bertz CT molecular complexity index is 796. The Morgan fingerprint density at radius 3 is 2.64 bits per heavy atom. The molecule has 0 bridgehead atoms. The Morgan fingerprint density at radius 1 is 1.20 bits per heavy atom. The third-order valence-electron chi connectivity index (χ3n) is 4.28. The number of fused-ring (bicyclic) bond motifs is 1. The molecule has 0 spiro atoms. The van der Waals surface area contributed by atoms with Crippen LogP contribution in [-0.4, -0.2) is 42.9 Å². The average Bonchev–Trinajstić information content (AvgIpc) is 2.90. The molecule has 25 heavy (non-hydrogen) atoms. The van der Waals surface area contributed by atoms with Gasteiger partial charge < -0.3 is 14.5 Å². The molecule has 5 heteroatoms. The molecule has 3 rings (SSSR count). The topological polar surface area (TPSA) is 56.6 Å². The first-order valence-electron chi connectivity index (χ1n) is 8.26. The predicted octanol–water partition coefficient (Wildman–Crippen LogP) is 2.85. The SMILES string of the molecule is CN(C)CCN1C(=O)c2ccc(OCc3ccccc3)cc2C1C#N. The number of likely N-dealkylation sites (N-methyl/N-ethyl adjacent to an activating group) is 1. The molecule has 2 aromatic rings. The first-order valence-corrected chi connectivity index (χ1v) is 8.26. The molecule has 128 valence electrons. The van der Waals surface area contributed by atoms with Crippen LogP contribution in [0.1, 0.15) is 27.5 Å². The molecule has 1 heterocycles. The molecule has 0 aromatic heterocycles. The van der Waals surface area contributed by atoms with Crippen molar-refractivity contribution in [1.29, 1.82) is 5.26 Å². The molecule has 1 atom stereocenters. The Labute approximate surface area is 148 Å². The summed E-state index contributed by atoms with van der Waals surface area (Å²) in [5.74, 6) is 0.586. The van der Waals surface area contributed by atoms with E-state index < -0.39 is 6.04 Å². The maximum atomic E-state index is 12.6. The minimum Gasteiger partial charge on any atom is -0.489 e. The number of amides is 1. The molecule has 5 nitrogen and oxygen atoms in total. The van der Waals surface area contributed by atoms with Crippen LogP contribution in [0.2, 0.25) is 0 Å². The second-order valence-corrected chi connectivity index (χ2v) is 6.36. The Morgan fingerprint density at radius 2 is 1.96 bits per heavy atom. The van der Waals surface area contributed by atoms with Crippen molar-refractivity contribution in [2.45, 2.75) is 12.6 Å². The van der Waals surface area contributed by atoms with E-state index in [1.54, 1.807) is 17.0 Å². The number of nitriles is 1. The predicted molar refractivity (Wildman–Crippen MR) is 95.2 cm³/mol. The van der Waals surface area contributed by atoms with Crippen LogP contribution in [0.15, 0.2) is 48.5 Å². The van der Waals surface area contributed by atoms with Crippen molar-refractivity contribution in [2.75, 3.05) is 27.2 Å². The number of carbonyl (C=O) groups excluding carboxylic acids is 1. The molecule has 0 saturated heterocycles. The van der Waals surface area contributed by atoms with E-state index in [1.165, 1.54) is 0 Å². The van der Waals surface area contributed by atoms with E-state index in [-0.39, 0.29) is 5.91 Å². The molecule has 0 radical (unpaired) electrons. The van der Waals surface area contributed by atoms with E-state index in [0.717, 1.165) is 17.7 Å². The monoisotopic (exact) mass is 335 g/mol. The molecule has 1 amide bonds. The third kappa shape index (κ3) is 3.65. The minimum absolute atomic E-state index is 0.0852. The van der Waals surface area contributed by atoms with Gasteiger partial charge in [-0.05, 0) is 37.9 Å². The highest BCUT2D eigenvalue weighted by molar-refractivity contribution is 5.99. The van der Waals surface area contributed by atoms with Crippen LogP contribution < -0.4 is 4.74 Å². The highest BCUT2D eigenvalue weighted by Crippen LogP contribution is 2.35. The second-order valence-electron chi connectivity index (χ2n) is 6.36. The van der Waals surface area contributed by atoms with E-state index >= 15 is 0 Å². The van der Waals surface area contributed by atoms with Crippen molar-refractivity contribution in [3.63, 3.8) is 0 Å². The zero-order valence-corrected chi connectivity index (χ0v) is 14.5. The summed E-state index contributed by atoms with van der Waals surface area (Å²) in [7, 11) is 3.90. The second kappa shape index (κ2) is 7.37. The van der Waals surface area contributed by atoms with Crippen LogP contribution in [0.4, 0.5) is 0 Å². The van der Waals surface area contributed by atoms with Crippen molar-refractivity contribution < 1.29 is 9.53 Å². The molecule has 2 aromatic carbocycles. The first kappa shape index (κ1) is 17.0. The lowest BCUT2D eigenvalue weighted by Crippen LogP contribution is -2.34. The van der Waals surface area contributed by atoms with E-state index in [4.69, 9.17) is 4.74 Å². The van der Waals surface area contributed by atoms with Gasteiger partial charge in [-0.3, -0.25) is 4.79 Å². The van der Waals surface area contributed by atoms with Gasteiger partial charge in [-0.25, -0.2) is 0 Å². The van der Waals surface area contributed by atoms with Gasteiger partial charge in [0, 0.05) is 24.2 Å². The summed E-state index contributed by atoms with van der Waals surface area (Å²) < 4.78 is 5.83. The fourth-order valence-electron chi connectivity index (χ4n) is 2.91. The van der Waals surface area contributed by atoms with Gasteiger partial charge in [0.15, 0.2) is 0 Å². The number of nitrogens with zero attached hydrogens (tertiary/aromatic N) is 3. The van der Waals surface area contributed by atoms with Crippen LogP contribution in [0.3, 0.4) is 0 Å². The number of rotatable bonds is 6. The van der Waals surface area contributed by atoms with Gasteiger partial charge in [-0.15, -0.1) is 0 Å². The zero-order chi connectivity index (χ0) is 17.8. The summed E-state index contributed by atoms with van der Waals surface area (Å²) in [6.45, 7) is 1.70. The number of hydrogen-bond acceptors (Lipinski definition) is 4. The lowest BCUT2D eigenvalue weighted by atomic mass is 10.1. The summed E-state index contributed by atoms with van der Waals surface area (Å²) in [5.41, 5.74) is 2.40. The van der Waals surface area contributed by atoms with Gasteiger partial charge in [0.25, 0.3) is 5.91 Å². The Hall–Kier alpha value is -2.84. The van der Waals surface area contributed by atoms with Crippen LogP contribution in [-0.2, 0) is 6.61 Å². The number of benzene rings is 2. The third-order valence-corrected chi connectivity index (χ3v) is 4.28. The van der Waals surface area contributed by atoms with Gasteiger partial charge >= 0.3 is 0 Å². The molecule has 0 fully saturated rings. The summed E-state index contributed by atoms with van der Waals surface area (Å²) >= 11 is 0. The molecule has 0 aliphatic carbocycles. The highest BCUT2D eigenvalue weighted by atomic mass is 16.5. The number of ether oxygens (including phenoxy) is 1. The number of hydrogen-bond donors (Lipinski definition) is 0. The molecule has 1 aliphatic rings. The molecule has 0 saturated carbocycles. The molecular weight excluding hydrogens is 314 g/mol. The van der Waals surface area contributed by atoms with E-state index in [0.29, 0.717) is 24.5 Å². The van der Waals surface area contributed by atoms with E-state index in [1.807, 2.05) is 55.4 Å². The molecular formula is C20H21N3O2. The van der Waals surface area contributed by atoms with Gasteiger partial charge in [0.2, 0.25) is 0 Å². The maximum absolute atomic E-state index is 12.6. The smallest absolute Gasteiger partial charge is 0.255 e. The Balaban J connectivity index is 1.77. The zero-order valence-electron chi connectivity index (χ0n) is 14.5. The summed E-state index contributed by atoms with van der Waals surface area (Å²) in [6.07, 6.45) is 0. The fraction of sp³-hybridized carbons (Fsp3) is 0.300. The summed E-state index contributed by atoms with van der Waals surface area (Å²) in [4.78, 5) is 16.2. The quantitative estimate of drug-likeness (QED) is 0.814. The van der Waals surface area contributed by atoms with E-state index in [9.17, 15) is 10.1 Å². The summed E-state index contributed by atoms with van der Waals surface area (Å²) in [6, 6.07) is 17.0. The highest BCUT2D eigenvalue weighted by Gasteiger charge is 2.36. The van der Waals surface area contributed by atoms with Crippen molar-refractivity contribution in [3.05, 3.63) is 65.2 Å². The first-order chi connectivity index (χ1) is 12.1. The molecule has 0 N–H and O–H groups in total. The summed E-state index contributed by atoms with van der Waals surface area (Å²) in [5, 5.41) is 9.57. The lowest BCUT2D eigenvalue weighted by molar-refractivity contribution is 0.0746. The van der Waals surface area contributed by atoms with Crippen LogP contribution >= 0.6 is 0 Å². The van der Waals surface area contributed by atoms with Crippen molar-refractivity contribution in [2.24, 2.45) is 0 Å². The van der Waals surface area contributed by atoms with Crippen LogP contribution in [0, 0.1) is 11.3 Å². The van der Waals surface area contributed by atoms with Crippen molar-refractivity contribution in [3.8, 4) is 11.8 Å². The van der Waals surface area contributed by atoms with E-state index in [2.05, 4.69) is 6.07 Å².